The van der Waals surface area contributed by atoms with Crippen LogP contribution in [0.25, 0.3) is 0 Å². The highest BCUT2D eigenvalue weighted by molar-refractivity contribution is 5.75. The number of likely N-dealkylation sites (N-methyl/N-ethyl adjacent to an activating group) is 2. The number of hydrogen-bond donors (Lipinski definition) is 1. The zero-order chi connectivity index (χ0) is 11.7. The maximum absolute atomic E-state index is 11.3. The van der Waals surface area contributed by atoms with Gasteiger partial charge in [0.2, 0.25) is 0 Å². The lowest BCUT2D eigenvalue weighted by Gasteiger charge is -2.21. The summed E-state index contributed by atoms with van der Waals surface area (Å²) >= 11 is 0. The molecular weight excluding hydrogens is 196 g/mol. The summed E-state index contributed by atoms with van der Waals surface area (Å²) in [5.74, 6) is -0.235. The van der Waals surface area contributed by atoms with Gasteiger partial charge in [-0.05, 0) is 21.0 Å². The number of rotatable bonds is 8. The third-order valence-corrected chi connectivity index (χ3v) is 2.15. The maximum atomic E-state index is 11.3. The van der Waals surface area contributed by atoms with Crippen molar-refractivity contribution in [3.8, 4) is 0 Å². The summed E-state index contributed by atoms with van der Waals surface area (Å²) in [7, 11) is 5.09. The zero-order valence-corrected chi connectivity index (χ0v) is 10.1. The van der Waals surface area contributed by atoms with Crippen LogP contribution in [-0.2, 0) is 14.3 Å². The fraction of sp³-hybridized carbons (Fsp3) is 0.900. The first-order chi connectivity index (χ1) is 7.15. The van der Waals surface area contributed by atoms with Gasteiger partial charge in [0.1, 0.15) is 6.04 Å². The largest absolute Gasteiger partial charge is 0.468 e. The lowest BCUT2D eigenvalue weighted by atomic mass is 10.3. The number of nitrogens with zero attached hydrogens (tertiary/aromatic N) is 1. The highest BCUT2D eigenvalue weighted by Crippen LogP contribution is 1.92. The molecule has 0 aromatic carbocycles. The van der Waals surface area contributed by atoms with Gasteiger partial charge in [-0.15, -0.1) is 0 Å². The molecule has 0 rings (SSSR count). The normalized spacial score (nSPS) is 12.9. The number of nitrogens with one attached hydrogen (secondary N) is 1. The van der Waals surface area contributed by atoms with Gasteiger partial charge in [0.05, 0.1) is 13.7 Å². The second-order valence-corrected chi connectivity index (χ2v) is 3.32. The highest BCUT2D eigenvalue weighted by atomic mass is 16.5. The Labute approximate surface area is 91.7 Å². The van der Waals surface area contributed by atoms with Gasteiger partial charge in [0.25, 0.3) is 0 Å². The molecule has 1 N–H and O–H groups in total. The van der Waals surface area contributed by atoms with E-state index in [0.29, 0.717) is 13.2 Å². The van der Waals surface area contributed by atoms with Crippen molar-refractivity contribution in [1.29, 1.82) is 0 Å². The van der Waals surface area contributed by atoms with E-state index in [1.807, 2.05) is 18.9 Å². The van der Waals surface area contributed by atoms with E-state index in [0.717, 1.165) is 13.2 Å². The standard InChI is InChI=1S/C10H22N2O3/c1-5-15-7-6-12(3)8-9(11-2)10(13)14-4/h9,11H,5-8H2,1-4H3. The molecule has 0 aliphatic heterocycles. The average Bonchev–Trinajstić information content (AvgIpc) is 2.25. The molecule has 0 fully saturated rings. The second kappa shape index (κ2) is 8.64. The number of esters is 1. The molecule has 0 saturated heterocycles. The van der Waals surface area contributed by atoms with E-state index in [9.17, 15) is 4.79 Å². The predicted molar refractivity (Wildman–Crippen MR) is 58.9 cm³/mol. The second-order valence-electron chi connectivity index (χ2n) is 3.32. The molecule has 90 valence electrons. The summed E-state index contributed by atoms with van der Waals surface area (Å²) in [6, 6.07) is -0.276. The van der Waals surface area contributed by atoms with Crippen molar-refractivity contribution in [1.82, 2.24) is 10.2 Å². The SMILES string of the molecule is CCOCCN(C)CC(NC)C(=O)OC. The van der Waals surface area contributed by atoms with Crippen LogP contribution in [0.2, 0.25) is 0 Å². The smallest absolute Gasteiger partial charge is 0.324 e. The molecule has 0 bridgehead atoms. The average molecular weight is 218 g/mol. The van der Waals surface area contributed by atoms with Crippen LogP contribution in [0.1, 0.15) is 6.92 Å². The van der Waals surface area contributed by atoms with E-state index < -0.39 is 0 Å². The van der Waals surface area contributed by atoms with Gasteiger partial charge in [-0.25, -0.2) is 0 Å². The van der Waals surface area contributed by atoms with Gasteiger partial charge in [-0.1, -0.05) is 0 Å². The predicted octanol–water partition coefficient (Wildman–Crippen LogP) is -0.284. The van der Waals surface area contributed by atoms with Crippen LogP contribution < -0.4 is 5.32 Å². The Balaban J connectivity index is 3.80. The van der Waals surface area contributed by atoms with Crippen LogP contribution in [-0.4, -0.2) is 64.4 Å². The molecule has 0 aliphatic rings. The lowest BCUT2D eigenvalue weighted by Crippen LogP contribution is -2.44. The van der Waals surface area contributed by atoms with Gasteiger partial charge < -0.3 is 19.7 Å². The number of ether oxygens (including phenoxy) is 2. The van der Waals surface area contributed by atoms with E-state index in [1.165, 1.54) is 7.11 Å². The number of carbonyl (C=O) groups excluding carboxylic acids is 1. The molecule has 0 saturated carbocycles. The molecule has 5 nitrogen and oxygen atoms in total. The molecule has 0 heterocycles. The minimum absolute atomic E-state index is 0.235. The Kier molecular flexibility index (Phi) is 8.27. The first-order valence-electron chi connectivity index (χ1n) is 5.17. The van der Waals surface area contributed by atoms with Gasteiger partial charge >= 0.3 is 5.97 Å². The van der Waals surface area contributed by atoms with E-state index >= 15 is 0 Å². The summed E-state index contributed by atoms with van der Waals surface area (Å²) in [6.07, 6.45) is 0. The molecule has 5 heteroatoms. The third-order valence-electron chi connectivity index (χ3n) is 2.15. The molecule has 0 aliphatic carbocycles. The van der Waals surface area contributed by atoms with Crippen molar-refractivity contribution < 1.29 is 14.3 Å². The summed E-state index contributed by atoms with van der Waals surface area (Å²) < 4.78 is 9.90. The molecular formula is C10H22N2O3. The van der Waals surface area contributed by atoms with Crippen LogP contribution in [0, 0.1) is 0 Å². The summed E-state index contributed by atoms with van der Waals surface area (Å²) in [5.41, 5.74) is 0. The number of hydrogen-bond acceptors (Lipinski definition) is 5. The Bertz CT molecular complexity index is 176. The number of methoxy groups -OCH3 is 1. The molecule has 1 atom stereocenters. The van der Waals surface area contributed by atoms with Crippen molar-refractivity contribution in [3.63, 3.8) is 0 Å². The van der Waals surface area contributed by atoms with Crippen molar-refractivity contribution in [2.24, 2.45) is 0 Å². The summed E-state index contributed by atoms with van der Waals surface area (Å²) in [6.45, 7) is 4.80. The third kappa shape index (κ3) is 6.43. The van der Waals surface area contributed by atoms with Crippen LogP contribution in [0.15, 0.2) is 0 Å². The van der Waals surface area contributed by atoms with Crippen molar-refractivity contribution in [2.75, 3.05) is 47.5 Å². The minimum atomic E-state index is -0.276. The van der Waals surface area contributed by atoms with Gasteiger partial charge in [0.15, 0.2) is 0 Å². The van der Waals surface area contributed by atoms with Crippen molar-refractivity contribution >= 4 is 5.97 Å². The van der Waals surface area contributed by atoms with Gasteiger partial charge in [-0.3, -0.25) is 4.79 Å². The molecule has 0 radical (unpaired) electrons. The Morgan fingerprint density at radius 2 is 2.20 bits per heavy atom. The quantitative estimate of drug-likeness (QED) is 0.448. The van der Waals surface area contributed by atoms with Gasteiger partial charge in [0, 0.05) is 19.7 Å². The van der Waals surface area contributed by atoms with E-state index in [4.69, 9.17) is 4.74 Å². The van der Waals surface area contributed by atoms with E-state index in [1.54, 1.807) is 7.05 Å². The molecule has 0 spiro atoms. The molecule has 0 aromatic heterocycles. The van der Waals surface area contributed by atoms with Crippen LogP contribution in [0.3, 0.4) is 0 Å². The summed E-state index contributed by atoms with van der Waals surface area (Å²) in [4.78, 5) is 13.3. The van der Waals surface area contributed by atoms with Crippen LogP contribution in [0.5, 0.6) is 0 Å². The lowest BCUT2D eigenvalue weighted by molar-refractivity contribution is -0.143. The Morgan fingerprint density at radius 1 is 1.53 bits per heavy atom. The fourth-order valence-corrected chi connectivity index (χ4v) is 1.19. The van der Waals surface area contributed by atoms with Gasteiger partial charge in [-0.2, -0.15) is 0 Å². The zero-order valence-electron chi connectivity index (χ0n) is 10.1. The van der Waals surface area contributed by atoms with Crippen molar-refractivity contribution in [3.05, 3.63) is 0 Å². The van der Waals surface area contributed by atoms with Crippen LogP contribution in [0.4, 0.5) is 0 Å². The minimum Gasteiger partial charge on any atom is -0.468 e. The fourth-order valence-electron chi connectivity index (χ4n) is 1.19. The Morgan fingerprint density at radius 3 is 2.67 bits per heavy atom. The maximum Gasteiger partial charge on any atom is 0.324 e. The van der Waals surface area contributed by atoms with E-state index in [-0.39, 0.29) is 12.0 Å². The summed E-state index contributed by atoms with van der Waals surface area (Å²) in [5, 5.41) is 2.92. The molecule has 15 heavy (non-hydrogen) atoms. The number of carbonyl (C=O) groups is 1. The highest BCUT2D eigenvalue weighted by Gasteiger charge is 2.18. The monoisotopic (exact) mass is 218 g/mol. The molecule has 1 unspecified atom stereocenters. The Hall–Kier alpha value is -0.650. The van der Waals surface area contributed by atoms with E-state index in [2.05, 4.69) is 10.1 Å². The topological polar surface area (TPSA) is 50.8 Å². The molecule has 0 aromatic rings. The first kappa shape index (κ1) is 14.3. The van der Waals surface area contributed by atoms with Crippen LogP contribution >= 0.6 is 0 Å². The van der Waals surface area contributed by atoms with Crippen molar-refractivity contribution in [2.45, 2.75) is 13.0 Å². The first-order valence-corrected chi connectivity index (χ1v) is 5.17. The molecule has 0 amide bonds.